The van der Waals surface area contributed by atoms with E-state index in [4.69, 9.17) is 4.74 Å². The van der Waals surface area contributed by atoms with E-state index >= 15 is 0 Å². The van der Waals surface area contributed by atoms with Crippen molar-refractivity contribution >= 4 is 17.3 Å². The number of Topliss-reactive ketones (excluding diaryl/α,β-unsaturated/α-hetero) is 3. The highest BCUT2D eigenvalue weighted by molar-refractivity contribution is 6.27. The molecule has 9 heteroatoms. The van der Waals surface area contributed by atoms with Crippen LogP contribution >= 0.6 is 0 Å². The summed E-state index contributed by atoms with van der Waals surface area (Å²) in [6, 6.07) is 0. The molecular weight excluding hydrogens is 404 g/mol. The van der Waals surface area contributed by atoms with Crippen LogP contribution in [0.2, 0.25) is 0 Å². The summed E-state index contributed by atoms with van der Waals surface area (Å²) in [4.78, 5) is 42.2. The second kappa shape index (κ2) is 7.51. The Balaban J connectivity index is 2.25. The summed E-state index contributed by atoms with van der Waals surface area (Å²) >= 11 is 0. The van der Waals surface area contributed by atoms with Crippen LogP contribution in [-0.4, -0.2) is 83.7 Å². The van der Waals surface area contributed by atoms with Crippen molar-refractivity contribution in [3.63, 3.8) is 0 Å². The number of rotatable bonds is 6. The first-order valence-corrected chi connectivity index (χ1v) is 9.65. The number of hydrogen-bond donors (Lipinski definition) is 3. The monoisotopic (exact) mass is 430 g/mol. The van der Waals surface area contributed by atoms with Gasteiger partial charge in [-0.3, -0.25) is 14.4 Å². The Morgan fingerprint density at radius 2 is 1.55 bits per heavy atom. The van der Waals surface area contributed by atoms with Gasteiger partial charge in [-0.1, -0.05) is 0 Å². The van der Waals surface area contributed by atoms with Gasteiger partial charge in [0.15, 0.2) is 17.3 Å². The maximum atomic E-state index is 13.5. The van der Waals surface area contributed by atoms with Crippen LogP contribution in [0.1, 0.15) is 28.4 Å². The van der Waals surface area contributed by atoms with Gasteiger partial charge in [0, 0.05) is 11.6 Å². The number of hydrogen-bond acceptors (Lipinski definition) is 9. The quantitative estimate of drug-likeness (QED) is 0.451. The number of phenols is 2. The Morgan fingerprint density at radius 3 is 2.10 bits per heavy atom. The van der Waals surface area contributed by atoms with Crippen LogP contribution in [0.4, 0.5) is 0 Å². The third-order valence-corrected chi connectivity index (χ3v) is 5.53. The van der Waals surface area contributed by atoms with Gasteiger partial charge in [0.2, 0.25) is 0 Å². The zero-order chi connectivity index (χ0) is 23.4. The fourth-order valence-corrected chi connectivity index (χ4v) is 3.95. The van der Waals surface area contributed by atoms with E-state index in [1.165, 1.54) is 13.8 Å². The van der Waals surface area contributed by atoms with Gasteiger partial charge in [-0.2, -0.15) is 0 Å². The zero-order valence-electron chi connectivity index (χ0n) is 18.4. The molecule has 0 fully saturated rings. The van der Waals surface area contributed by atoms with E-state index in [0.29, 0.717) is 0 Å². The Bertz CT molecular complexity index is 1080. The van der Waals surface area contributed by atoms with Gasteiger partial charge in [-0.25, -0.2) is 0 Å². The van der Waals surface area contributed by atoms with Crippen molar-refractivity contribution in [1.29, 1.82) is 0 Å². The van der Waals surface area contributed by atoms with E-state index in [9.17, 15) is 29.7 Å². The highest BCUT2D eigenvalue weighted by Crippen LogP contribution is 2.57. The molecule has 0 saturated heterocycles. The molecule has 1 aliphatic heterocycles. The molecule has 2 aliphatic rings. The Hall–Kier alpha value is -3.17. The average molecular weight is 430 g/mol. The third-order valence-electron chi connectivity index (χ3n) is 5.53. The number of aliphatic hydroxyl groups is 1. The predicted molar refractivity (Wildman–Crippen MR) is 112 cm³/mol. The molecule has 31 heavy (non-hydrogen) atoms. The molecule has 0 aromatic heterocycles. The molecular formula is C22H26N2O7. The van der Waals surface area contributed by atoms with E-state index < -0.39 is 45.6 Å². The minimum absolute atomic E-state index is 0.0104. The number of carbonyl (C=O) groups is 3. The summed E-state index contributed by atoms with van der Waals surface area (Å²) in [5.41, 5.74) is -2.20. The van der Waals surface area contributed by atoms with Crippen molar-refractivity contribution in [2.45, 2.75) is 19.3 Å². The number of phenolic OH excluding ortho intramolecular Hbond substituents is 2. The molecule has 166 valence electrons. The number of aliphatic hydroxyl groups excluding tert-OH is 1. The van der Waals surface area contributed by atoms with E-state index in [1.807, 2.05) is 0 Å². The number of ether oxygens (including phenoxy) is 1. The lowest BCUT2D eigenvalue weighted by Crippen LogP contribution is -2.41. The molecule has 3 rings (SSSR count). The van der Waals surface area contributed by atoms with Crippen molar-refractivity contribution in [1.82, 2.24) is 9.80 Å². The first kappa shape index (κ1) is 22.5. The summed E-state index contributed by atoms with van der Waals surface area (Å²) < 4.78 is 5.78. The molecule has 1 aromatic carbocycles. The molecule has 3 N–H and O–H groups in total. The van der Waals surface area contributed by atoms with Gasteiger partial charge >= 0.3 is 0 Å². The minimum atomic E-state index is -1.64. The van der Waals surface area contributed by atoms with Gasteiger partial charge in [0.1, 0.15) is 45.3 Å². The smallest absolute Gasteiger partial charge is 0.188 e. The first-order valence-electron chi connectivity index (χ1n) is 9.65. The Morgan fingerprint density at radius 1 is 1.00 bits per heavy atom. The predicted octanol–water partition coefficient (Wildman–Crippen LogP) is 1.21. The van der Waals surface area contributed by atoms with Crippen LogP contribution in [-0.2, 0) is 15.0 Å². The Labute approximate surface area is 179 Å². The lowest BCUT2D eigenvalue weighted by atomic mass is 9.70. The zero-order valence-corrected chi connectivity index (χ0v) is 18.4. The van der Waals surface area contributed by atoms with Crippen LogP contribution in [0.15, 0.2) is 23.2 Å². The van der Waals surface area contributed by atoms with Crippen LogP contribution in [0.5, 0.6) is 17.2 Å². The van der Waals surface area contributed by atoms with Crippen molar-refractivity contribution in [3.05, 3.63) is 39.9 Å². The number of fused-ring (bicyclic) bond motifs is 3. The molecule has 0 bridgehead atoms. The number of nitrogens with zero attached hydrogens (tertiary/aromatic N) is 2. The maximum Gasteiger partial charge on any atom is 0.188 e. The molecule has 0 spiro atoms. The minimum Gasteiger partial charge on any atom is -0.507 e. The summed E-state index contributed by atoms with van der Waals surface area (Å²) in [6.07, 6.45) is 1.15. The summed E-state index contributed by atoms with van der Waals surface area (Å²) in [7, 11) is 6.67. The van der Waals surface area contributed by atoms with Gasteiger partial charge in [-0.05, 0) is 42.0 Å². The number of allylic oxidation sites excluding steroid dienone is 2. The van der Waals surface area contributed by atoms with Crippen LogP contribution in [0.25, 0.3) is 0 Å². The highest BCUT2D eigenvalue weighted by atomic mass is 16.5. The normalized spacial score (nSPS) is 20.0. The molecule has 1 aliphatic carbocycles. The fourth-order valence-electron chi connectivity index (χ4n) is 3.95. The van der Waals surface area contributed by atoms with Crippen molar-refractivity contribution in [2.75, 3.05) is 41.3 Å². The first-order chi connectivity index (χ1) is 14.3. The maximum absolute atomic E-state index is 13.5. The summed E-state index contributed by atoms with van der Waals surface area (Å²) in [5.74, 6) is -3.39. The van der Waals surface area contributed by atoms with Crippen molar-refractivity contribution in [3.8, 4) is 17.2 Å². The summed E-state index contributed by atoms with van der Waals surface area (Å²) in [6.45, 7) is 2.72. The Kier molecular flexibility index (Phi) is 5.45. The fraction of sp³-hybridized carbons (Fsp3) is 0.409. The molecule has 1 heterocycles. The van der Waals surface area contributed by atoms with Crippen LogP contribution < -0.4 is 4.74 Å². The SMILES string of the molecule is Cc1c(O)c(C(=O)CN(C)C)c2c(c1O)[C@]1(C)C(=O)C(C(=O)CN(C)C)=C(O)C=C1O2. The molecule has 0 amide bonds. The number of benzene rings is 1. The highest BCUT2D eigenvalue weighted by Gasteiger charge is 2.56. The molecule has 9 nitrogen and oxygen atoms in total. The topological polar surface area (TPSA) is 128 Å². The van der Waals surface area contributed by atoms with Crippen LogP contribution in [0.3, 0.4) is 0 Å². The summed E-state index contributed by atoms with van der Waals surface area (Å²) in [5, 5.41) is 31.8. The van der Waals surface area contributed by atoms with Gasteiger partial charge in [-0.15, -0.1) is 0 Å². The van der Waals surface area contributed by atoms with Crippen molar-refractivity contribution in [2.24, 2.45) is 0 Å². The van der Waals surface area contributed by atoms with Gasteiger partial charge in [0.25, 0.3) is 0 Å². The average Bonchev–Trinajstić information content (AvgIpc) is 2.92. The van der Waals surface area contributed by atoms with E-state index in [1.54, 1.807) is 38.0 Å². The lowest BCUT2D eigenvalue weighted by Gasteiger charge is -2.28. The molecule has 0 unspecified atom stereocenters. The number of aromatic hydroxyl groups is 2. The van der Waals surface area contributed by atoms with Crippen molar-refractivity contribution < 1.29 is 34.4 Å². The third kappa shape index (κ3) is 3.30. The lowest BCUT2D eigenvalue weighted by molar-refractivity contribution is -0.124. The molecule has 1 atom stereocenters. The number of ketones is 3. The molecule has 0 saturated carbocycles. The standard InChI is InChI=1S/C22H26N2O7/c1-10-18(28)16(13(27)9-24(5)6)20-17(19(10)29)22(2)14(31-20)7-11(25)15(21(22)30)12(26)8-23(3)4/h7,25,28-29H,8-9H2,1-6H3/t22-/m1/s1. The largest absolute Gasteiger partial charge is 0.507 e. The van der Waals surface area contributed by atoms with E-state index in [2.05, 4.69) is 0 Å². The molecule has 1 aromatic rings. The number of likely N-dealkylation sites (N-methyl/N-ethyl adjacent to an activating group) is 2. The van der Waals surface area contributed by atoms with Gasteiger partial charge in [0.05, 0.1) is 18.7 Å². The van der Waals surface area contributed by atoms with Gasteiger partial charge < -0.3 is 29.9 Å². The van der Waals surface area contributed by atoms with Crippen LogP contribution in [0, 0.1) is 6.92 Å². The number of carbonyl (C=O) groups excluding carboxylic acids is 3. The molecule has 0 radical (unpaired) electrons. The van der Waals surface area contributed by atoms with E-state index in [0.717, 1.165) is 6.08 Å². The second-order valence-electron chi connectivity index (χ2n) is 8.55. The second-order valence-corrected chi connectivity index (χ2v) is 8.55. The van der Waals surface area contributed by atoms with E-state index in [-0.39, 0.29) is 41.3 Å².